The second-order valence-corrected chi connectivity index (χ2v) is 9.19. The summed E-state index contributed by atoms with van der Waals surface area (Å²) in [6, 6.07) is 7.18. The summed E-state index contributed by atoms with van der Waals surface area (Å²) in [7, 11) is -3.04. The third kappa shape index (κ3) is 4.50. The first-order chi connectivity index (χ1) is 12.5. The number of hydrogen-bond donors (Lipinski definition) is 0. The molecule has 0 spiro atoms. The number of carbonyl (C=O) groups excluding carboxylic acids is 1. The molecule has 26 heavy (non-hydrogen) atoms. The topological polar surface area (TPSA) is 72.9 Å². The number of carbonyl (C=O) groups is 1. The van der Waals surface area contributed by atoms with Gasteiger partial charge in [-0.3, -0.25) is 4.79 Å². The second-order valence-electron chi connectivity index (χ2n) is 6.96. The molecule has 1 heterocycles. The lowest BCUT2D eigenvalue weighted by Crippen LogP contribution is -2.48. The van der Waals surface area contributed by atoms with Crippen molar-refractivity contribution in [3.05, 3.63) is 24.3 Å². The van der Waals surface area contributed by atoms with Gasteiger partial charge in [-0.2, -0.15) is 0 Å². The van der Waals surface area contributed by atoms with Gasteiger partial charge in [-0.25, -0.2) is 8.42 Å². The first-order valence-electron chi connectivity index (χ1n) is 9.36. The molecular formula is C19H27NO5S. The number of hydrogen-bond acceptors (Lipinski definition) is 5. The van der Waals surface area contributed by atoms with Crippen LogP contribution in [0.15, 0.2) is 24.3 Å². The highest BCUT2D eigenvalue weighted by molar-refractivity contribution is 7.91. The van der Waals surface area contributed by atoms with Crippen LogP contribution >= 0.6 is 0 Å². The average molecular weight is 381 g/mol. The van der Waals surface area contributed by atoms with Gasteiger partial charge < -0.3 is 14.4 Å². The SMILES string of the molecule is CCOc1ccccc1OCC(=O)N(C1CCCC1)[C@H]1CCS(=O)(=O)C1. The molecule has 0 bridgehead atoms. The molecule has 1 saturated carbocycles. The quantitative estimate of drug-likeness (QED) is 0.725. The van der Waals surface area contributed by atoms with E-state index in [2.05, 4.69) is 0 Å². The van der Waals surface area contributed by atoms with Crippen LogP contribution in [-0.4, -0.2) is 56.0 Å². The van der Waals surface area contributed by atoms with Gasteiger partial charge in [-0.1, -0.05) is 25.0 Å². The summed E-state index contributed by atoms with van der Waals surface area (Å²) in [5.74, 6) is 1.25. The van der Waals surface area contributed by atoms with Crippen LogP contribution in [0.2, 0.25) is 0 Å². The predicted molar refractivity (Wildman–Crippen MR) is 99.3 cm³/mol. The Bertz CT molecular complexity index is 727. The highest BCUT2D eigenvalue weighted by Crippen LogP contribution is 2.30. The van der Waals surface area contributed by atoms with Gasteiger partial charge in [0.2, 0.25) is 0 Å². The van der Waals surface area contributed by atoms with E-state index >= 15 is 0 Å². The summed E-state index contributed by atoms with van der Waals surface area (Å²) >= 11 is 0. The highest BCUT2D eigenvalue weighted by Gasteiger charge is 2.39. The Morgan fingerprint density at radius 1 is 1.08 bits per heavy atom. The largest absolute Gasteiger partial charge is 0.490 e. The normalized spacial score (nSPS) is 22.3. The van der Waals surface area contributed by atoms with Crippen molar-refractivity contribution in [2.45, 2.75) is 51.1 Å². The maximum atomic E-state index is 12.9. The van der Waals surface area contributed by atoms with Crippen LogP contribution < -0.4 is 9.47 Å². The van der Waals surface area contributed by atoms with Crippen molar-refractivity contribution in [3.63, 3.8) is 0 Å². The predicted octanol–water partition coefficient (Wildman–Crippen LogP) is 2.42. The molecule has 0 unspecified atom stereocenters. The van der Waals surface area contributed by atoms with Crippen LogP contribution in [-0.2, 0) is 14.6 Å². The Morgan fingerprint density at radius 2 is 1.73 bits per heavy atom. The van der Waals surface area contributed by atoms with Crippen molar-refractivity contribution in [1.82, 2.24) is 4.90 Å². The van der Waals surface area contributed by atoms with Crippen molar-refractivity contribution in [3.8, 4) is 11.5 Å². The van der Waals surface area contributed by atoms with Gasteiger partial charge in [0.15, 0.2) is 27.9 Å². The van der Waals surface area contributed by atoms with E-state index in [0.29, 0.717) is 24.5 Å². The molecule has 2 aliphatic rings. The minimum absolute atomic E-state index is 0.0742. The zero-order valence-corrected chi connectivity index (χ0v) is 16.0. The lowest BCUT2D eigenvalue weighted by molar-refractivity contribution is -0.137. The summed E-state index contributed by atoms with van der Waals surface area (Å²) in [6.07, 6.45) is 4.58. The molecule has 1 amide bonds. The van der Waals surface area contributed by atoms with E-state index in [0.717, 1.165) is 25.7 Å². The van der Waals surface area contributed by atoms with Crippen molar-refractivity contribution in [2.75, 3.05) is 24.7 Å². The fraction of sp³-hybridized carbons (Fsp3) is 0.632. The van der Waals surface area contributed by atoms with Gasteiger partial charge in [0, 0.05) is 12.1 Å². The van der Waals surface area contributed by atoms with Gasteiger partial charge in [0.1, 0.15) is 0 Å². The Hall–Kier alpha value is -1.76. The highest BCUT2D eigenvalue weighted by atomic mass is 32.2. The van der Waals surface area contributed by atoms with Crippen molar-refractivity contribution in [2.24, 2.45) is 0 Å². The van der Waals surface area contributed by atoms with E-state index in [1.807, 2.05) is 25.1 Å². The Labute approximate surface area is 155 Å². The van der Waals surface area contributed by atoms with Gasteiger partial charge in [0.05, 0.1) is 18.1 Å². The van der Waals surface area contributed by atoms with E-state index in [1.54, 1.807) is 11.0 Å². The molecular weight excluding hydrogens is 354 g/mol. The molecule has 0 radical (unpaired) electrons. The molecule has 1 saturated heterocycles. The van der Waals surface area contributed by atoms with Crippen LogP contribution in [0.5, 0.6) is 11.5 Å². The molecule has 2 fully saturated rings. The Balaban J connectivity index is 1.70. The summed E-state index contributed by atoms with van der Waals surface area (Å²) in [5, 5.41) is 0. The number of para-hydroxylation sites is 2. The molecule has 1 atom stereocenters. The van der Waals surface area contributed by atoms with Crippen molar-refractivity contribution >= 4 is 15.7 Å². The first kappa shape index (κ1) is 19.0. The number of amides is 1. The third-order valence-corrected chi connectivity index (χ3v) is 6.86. The van der Waals surface area contributed by atoms with Crippen molar-refractivity contribution < 1.29 is 22.7 Å². The second kappa shape index (κ2) is 8.29. The molecule has 1 aliphatic carbocycles. The Kier molecular flexibility index (Phi) is 6.06. The zero-order chi connectivity index (χ0) is 18.6. The maximum Gasteiger partial charge on any atom is 0.261 e. The van der Waals surface area contributed by atoms with E-state index < -0.39 is 9.84 Å². The van der Waals surface area contributed by atoms with E-state index in [-0.39, 0.29) is 36.1 Å². The van der Waals surface area contributed by atoms with Gasteiger partial charge in [0.25, 0.3) is 5.91 Å². The molecule has 1 aliphatic heterocycles. The lowest BCUT2D eigenvalue weighted by atomic mass is 10.1. The molecule has 6 nitrogen and oxygen atoms in total. The van der Waals surface area contributed by atoms with Crippen LogP contribution in [0.4, 0.5) is 0 Å². The molecule has 1 aromatic carbocycles. The smallest absolute Gasteiger partial charge is 0.261 e. The molecule has 7 heteroatoms. The lowest BCUT2D eigenvalue weighted by Gasteiger charge is -2.34. The number of benzene rings is 1. The van der Waals surface area contributed by atoms with E-state index in [4.69, 9.17) is 9.47 Å². The molecule has 1 aromatic rings. The van der Waals surface area contributed by atoms with Crippen LogP contribution in [0.3, 0.4) is 0 Å². The first-order valence-corrected chi connectivity index (χ1v) is 11.2. The molecule has 3 rings (SSSR count). The van der Waals surface area contributed by atoms with E-state index in [1.165, 1.54) is 0 Å². The van der Waals surface area contributed by atoms with Crippen LogP contribution in [0.25, 0.3) is 0 Å². The summed E-state index contributed by atoms with van der Waals surface area (Å²) in [5.41, 5.74) is 0. The number of rotatable bonds is 7. The number of ether oxygens (including phenoxy) is 2. The summed E-state index contributed by atoms with van der Waals surface area (Å²) in [6.45, 7) is 2.31. The monoisotopic (exact) mass is 381 g/mol. The fourth-order valence-corrected chi connectivity index (χ4v) is 5.65. The van der Waals surface area contributed by atoms with Crippen LogP contribution in [0, 0.1) is 0 Å². The van der Waals surface area contributed by atoms with Crippen molar-refractivity contribution in [1.29, 1.82) is 0 Å². The van der Waals surface area contributed by atoms with E-state index in [9.17, 15) is 13.2 Å². The fourth-order valence-electron chi connectivity index (χ4n) is 3.94. The number of nitrogens with zero attached hydrogens (tertiary/aromatic N) is 1. The van der Waals surface area contributed by atoms with Crippen LogP contribution in [0.1, 0.15) is 39.0 Å². The summed E-state index contributed by atoms with van der Waals surface area (Å²) < 4.78 is 35.1. The average Bonchev–Trinajstić information content (AvgIpc) is 3.25. The van der Waals surface area contributed by atoms with Gasteiger partial charge in [-0.15, -0.1) is 0 Å². The minimum atomic E-state index is -3.04. The zero-order valence-electron chi connectivity index (χ0n) is 15.2. The third-order valence-electron chi connectivity index (χ3n) is 5.11. The minimum Gasteiger partial charge on any atom is -0.490 e. The standard InChI is InChI=1S/C19H27NO5S/c1-2-24-17-9-5-6-10-18(17)25-13-19(21)20(15-7-3-4-8-15)16-11-12-26(22,23)14-16/h5-6,9-10,15-16H,2-4,7-8,11-14H2,1H3/t16-/m0/s1. The van der Waals surface area contributed by atoms with Gasteiger partial charge in [-0.05, 0) is 38.3 Å². The Morgan fingerprint density at radius 3 is 2.31 bits per heavy atom. The molecule has 0 aromatic heterocycles. The maximum absolute atomic E-state index is 12.9. The molecule has 0 N–H and O–H groups in total. The molecule has 144 valence electrons. The van der Waals surface area contributed by atoms with Gasteiger partial charge >= 0.3 is 0 Å². The number of sulfone groups is 1. The summed E-state index contributed by atoms with van der Waals surface area (Å²) in [4.78, 5) is 14.7.